The van der Waals surface area contributed by atoms with Crippen LogP contribution in [0.15, 0.2) is 29.6 Å². The molecule has 3 nitrogen and oxygen atoms in total. The molecule has 0 unspecified atom stereocenters. The second-order valence-electron chi connectivity index (χ2n) is 4.04. The lowest BCUT2D eigenvalue weighted by Crippen LogP contribution is -2.03. The van der Waals surface area contributed by atoms with Gasteiger partial charge < -0.3 is 9.47 Å². The first-order valence-electron chi connectivity index (χ1n) is 5.72. The minimum absolute atomic E-state index is 0.0272. The summed E-state index contributed by atoms with van der Waals surface area (Å²) in [5.74, 6) is 1.33. The van der Waals surface area contributed by atoms with Crippen molar-refractivity contribution in [3.05, 3.63) is 45.6 Å². The zero-order chi connectivity index (χ0) is 12.5. The maximum atomic E-state index is 12.5. The van der Waals surface area contributed by atoms with Crippen LogP contribution in [0.1, 0.15) is 20.8 Å². The van der Waals surface area contributed by atoms with E-state index in [-0.39, 0.29) is 5.78 Å². The molecule has 0 amide bonds. The van der Waals surface area contributed by atoms with Gasteiger partial charge in [0, 0.05) is 6.42 Å². The van der Waals surface area contributed by atoms with Gasteiger partial charge in [-0.3, -0.25) is 4.79 Å². The number of ether oxygens (including phenoxy) is 2. The van der Waals surface area contributed by atoms with Gasteiger partial charge in [0.2, 0.25) is 5.78 Å². The summed E-state index contributed by atoms with van der Waals surface area (Å²) in [5, 5.41) is 1.86. The van der Waals surface area contributed by atoms with E-state index in [1.165, 1.54) is 11.3 Å². The van der Waals surface area contributed by atoms with E-state index in [1.807, 2.05) is 29.6 Å². The maximum Gasteiger partial charge on any atom is 0.210 e. The summed E-state index contributed by atoms with van der Waals surface area (Å²) in [6, 6.07) is 7.53. The minimum atomic E-state index is -0.0272. The Balaban J connectivity index is 2.06. The Morgan fingerprint density at radius 2 is 2.28 bits per heavy atom. The second-order valence-corrected chi connectivity index (χ2v) is 4.96. The number of thiophene rings is 1. The SMILES string of the molecule is COc1ccsc1C(=O)c1cccc2c1OCC2. The third-order valence-electron chi connectivity index (χ3n) is 3.01. The van der Waals surface area contributed by atoms with Crippen LogP contribution in [0.2, 0.25) is 0 Å². The summed E-state index contributed by atoms with van der Waals surface area (Å²) in [6.45, 7) is 0.654. The lowest BCUT2D eigenvalue weighted by Gasteiger charge is -2.07. The smallest absolute Gasteiger partial charge is 0.210 e. The average molecular weight is 260 g/mol. The predicted octanol–water partition coefficient (Wildman–Crippen LogP) is 2.92. The van der Waals surface area contributed by atoms with Crippen LogP contribution in [0.3, 0.4) is 0 Å². The Labute approximate surface area is 109 Å². The largest absolute Gasteiger partial charge is 0.495 e. The van der Waals surface area contributed by atoms with E-state index < -0.39 is 0 Å². The molecule has 1 aromatic carbocycles. The van der Waals surface area contributed by atoms with Gasteiger partial charge in [0.25, 0.3) is 0 Å². The van der Waals surface area contributed by atoms with Crippen LogP contribution in [0.25, 0.3) is 0 Å². The molecule has 3 rings (SSSR count). The lowest BCUT2D eigenvalue weighted by atomic mass is 10.0. The molecule has 1 aliphatic rings. The molecule has 0 saturated heterocycles. The Kier molecular flexibility index (Phi) is 2.80. The molecule has 1 aromatic heterocycles. The molecule has 0 fully saturated rings. The minimum Gasteiger partial charge on any atom is -0.495 e. The van der Waals surface area contributed by atoms with Crippen molar-refractivity contribution in [3.8, 4) is 11.5 Å². The van der Waals surface area contributed by atoms with Crippen LogP contribution in [-0.2, 0) is 6.42 Å². The summed E-state index contributed by atoms with van der Waals surface area (Å²) >= 11 is 1.39. The summed E-state index contributed by atoms with van der Waals surface area (Å²) in [5.41, 5.74) is 1.74. The van der Waals surface area contributed by atoms with E-state index in [1.54, 1.807) is 7.11 Å². The van der Waals surface area contributed by atoms with E-state index in [0.717, 1.165) is 17.7 Å². The molecule has 1 aliphatic heterocycles. The third-order valence-corrected chi connectivity index (χ3v) is 3.91. The topological polar surface area (TPSA) is 35.5 Å². The Morgan fingerprint density at radius 1 is 1.39 bits per heavy atom. The molecule has 4 heteroatoms. The van der Waals surface area contributed by atoms with E-state index in [4.69, 9.17) is 9.47 Å². The number of hydrogen-bond donors (Lipinski definition) is 0. The highest BCUT2D eigenvalue weighted by Crippen LogP contribution is 2.34. The first-order chi connectivity index (χ1) is 8.81. The van der Waals surface area contributed by atoms with Gasteiger partial charge in [-0.15, -0.1) is 11.3 Å². The van der Waals surface area contributed by atoms with Gasteiger partial charge in [-0.05, 0) is 23.1 Å². The van der Waals surface area contributed by atoms with Gasteiger partial charge in [0.1, 0.15) is 16.4 Å². The fourth-order valence-electron chi connectivity index (χ4n) is 2.14. The molecular formula is C14H12O3S. The number of ketones is 1. The average Bonchev–Trinajstić information content (AvgIpc) is 3.05. The van der Waals surface area contributed by atoms with E-state index in [0.29, 0.717) is 22.8 Å². The van der Waals surface area contributed by atoms with Gasteiger partial charge >= 0.3 is 0 Å². The van der Waals surface area contributed by atoms with Crippen LogP contribution in [0.5, 0.6) is 11.5 Å². The molecule has 0 bridgehead atoms. The summed E-state index contributed by atoms with van der Waals surface area (Å²) in [7, 11) is 1.57. The number of fused-ring (bicyclic) bond motifs is 1. The molecule has 0 spiro atoms. The first-order valence-corrected chi connectivity index (χ1v) is 6.60. The fraction of sp³-hybridized carbons (Fsp3) is 0.214. The number of rotatable bonds is 3. The van der Waals surface area contributed by atoms with Crippen LogP contribution in [0.4, 0.5) is 0 Å². The predicted molar refractivity (Wildman–Crippen MR) is 69.9 cm³/mol. The second kappa shape index (κ2) is 4.46. The van der Waals surface area contributed by atoms with Crippen molar-refractivity contribution in [1.29, 1.82) is 0 Å². The zero-order valence-corrected chi connectivity index (χ0v) is 10.8. The fourth-order valence-corrected chi connectivity index (χ4v) is 2.95. The van der Waals surface area contributed by atoms with E-state index >= 15 is 0 Å². The Morgan fingerprint density at radius 3 is 3.11 bits per heavy atom. The van der Waals surface area contributed by atoms with Gasteiger partial charge in [0.15, 0.2) is 0 Å². The van der Waals surface area contributed by atoms with Crippen molar-refractivity contribution in [2.24, 2.45) is 0 Å². The van der Waals surface area contributed by atoms with Gasteiger partial charge in [-0.1, -0.05) is 12.1 Å². The quantitative estimate of drug-likeness (QED) is 0.796. The number of benzene rings is 1. The van der Waals surface area contributed by atoms with Crippen LogP contribution >= 0.6 is 11.3 Å². The van der Waals surface area contributed by atoms with Crippen molar-refractivity contribution < 1.29 is 14.3 Å². The number of methoxy groups -OCH3 is 1. The highest BCUT2D eigenvalue weighted by Gasteiger charge is 2.24. The standard InChI is InChI=1S/C14H12O3S/c1-16-11-6-8-18-14(11)12(15)10-4-2-3-9-5-7-17-13(9)10/h2-4,6,8H,5,7H2,1H3. The molecule has 92 valence electrons. The molecule has 2 aromatic rings. The van der Waals surface area contributed by atoms with Gasteiger partial charge in [-0.25, -0.2) is 0 Å². The molecule has 0 radical (unpaired) electrons. The number of carbonyl (C=O) groups is 1. The molecular weight excluding hydrogens is 248 g/mol. The summed E-state index contributed by atoms with van der Waals surface area (Å²) in [4.78, 5) is 13.1. The monoisotopic (exact) mass is 260 g/mol. The number of para-hydroxylation sites is 1. The molecule has 0 saturated carbocycles. The van der Waals surface area contributed by atoms with Crippen molar-refractivity contribution in [2.75, 3.05) is 13.7 Å². The zero-order valence-electron chi connectivity index (χ0n) is 9.93. The van der Waals surface area contributed by atoms with Crippen LogP contribution in [0, 0.1) is 0 Å². The van der Waals surface area contributed by atoms with E-state index in [2.05, 4.69) is 0 Å². The van der Waals surface area contributed by atoms with Crippen LogP contribution in [-0.4, -0.2) is 19.5 Å². The molecule has 0 aliphatic carbocycles. The highest BCUT2D eigenvalue weighted by atomic mass is 32.1. The molecule has 0 N–H and O–H groups in total. The Bertz CT molecular complexity index is 601. The Hall–Kier alpha value is -1.81. The van der Waals surface area contributed by atoms with Gasteiger partial charge in [-0.2, -0.15) is 0 Å². The highest BCUT2D eigenvalue weighted by molar-refractivity contribution is 7.12. The van der Waals surface area contributed by atoms with Crippen LogP contribution < -0.4 is 9.47 Å². The molecule has 2 heterocycles. The van der Waals surface area contributed by atoms with Crippen molar-refractivity contribution in [3.63, 3.8) is 0 Å². The van der Waals surface area contributed by atoms with E-state index in [9.17, 15) is 4.79 Å². The van der Waals surface area contributed by atoms with Gasteiger partial charge in [0.05, 0.1) is 19.3 Å². The van der Waals surface area contributed by atoms with Crippen molar-refractivity contribution in [2.45, 2.75) is 6.42 Å². The normalized spacial score (nSPS) is 12.9. The van der Waals surface area contributed by atoms with Crippen molar-refractivity contribution >= 4 is 17.1 Å². The first kappa shape index (κ1) is 11.3. The number of hydrogen-bond acceptors (Lipinski definition) is 4. The third kappa shape index (κ3) is 1.69. The summed E-state index contributed by atoms with van der Waals surface area (Å²) < 4.78 is 10.8. The number of carbonyl (C=O) groups excluding carboxylic acids is 1. The summed E-state index contributed by atoms with van der Waals surface area (Å²) in [6.07, 6.45) is 0.873. The molecule has 0 atom stereocenters. The molecule has 18 heavy (non-hydrogen) atoms. The van der Waals surface area contributed by atoms with Crippen molar-refractivity contribution in [1.82, 2.24) is 0 Å². The maximum absolute atomic E-state index is 12.5. The lowest BCUT2D eigenvalue weighted by molar-refractivity contribution is 0.103.